The van der Waals surface area contributed by atoms with Gasteiger partial charge in [-0.2, -0.15) is 5.10 Å². The Morgan fingerprint density at radius 2 is 2.20 bits per heavy atom. The summed E-state index contributed by atoms with van der Waals surface area (Å²) in [6.45, 7) is 1.38. The lowest BCUT2D eigenvalue weighted by Gasteiger charge is -2.40. The Bertz CT molecular complexity index is 883. The minimum Gasteiger partial charge on any atom is -0.336 e. The fourth-order valence-electron chi connectivity index (χ4n) is 4.47. The van der Waals surface area contributed by atoms with Crippen LogP contribution in [0, 0.1) is 0 Å². The molecule has 2 N–H and O–H groups in total. The molecule has 2 fully saturated rings. The van der Waals surface area contributed by atoms with E-state index >= 15 is 0 Å². The predicted molar refractivity (Wildman–Crippen MR) is 90.6 cm³/mol. The van der Waals surface area contributed by atoms with Gasteiger partial charge in [0, 0.05) is 36.2 Å². The topological polar surface area (TPSA) is 94.7 Å². The number of carbonyl (C=O) groups is 1. The van der Waals surface area contributed by atoms with E-state index in [9.17, 15) is 9.59 Å². The van der Waals surface area contributed by atoms with E-state index < -0.39 is 0 Å². The predicted octanol–water partition coefficient (Wildman–Crippen LogP) is 1.49. The highest BCUT2D eigenvalue weighted by Crippen LogP contribution is 2.45. The Kier molecular flexibility index (Phi) is 3.14. The third-order valence-electron chi connectivity index (χ3n) is 5.95. The number of rotatable bonds is 2. The van der Waals surface area contributed by atoms with Gasteiger partial charge in [0.05, 0.1) is 5.69 Å². The molecule has 3 aliphatic rings. The van der Waals surface area contributed by atoms with Crippen LogP contribution >= 0.6 is 0 Å². The summed E-state index contributed by atoms with van der Waals surface area (Å²) in [5.41, 5.74) is 2.18. The molecule has 130 valence electrons. The molecule has 1 saturated heterocycles. The third kappa shape index (κ3) is 2.33. The van der Waals surface area contributed by atoms with Gasteiger partial charge in [0.1, 0.15) is 11.5 Å². The second-order valence-electron chi connectivity index (χ2n) is 7.63. The molecule has 3 heterocycles. The minimum atomic E-state index is -0.166. The third-order valence-corrected chi connectivity index (χ3v) is 5.95. The zero-order chi connectivity index (χ0) is 17.0. The van der Waals surface area contributed by atoms with Gasteiger partial charge in [-0.25, -0.2) is 4.98 Å². The molecule has 1 atom stereocenters. The minimum absolute atomic E-state index is 0.0164. The number of fused-ring (bicyclic) bond motifs is 2. The number of amides is 1. The standard InChI is InChI=1S/C18H21N5O2/c24-16-12-4-7-18(14(12)20-15(21-16)11-2-3-11)6-1-9-23(10-18)17(25)13-5-8-19-22-13/h5,8,11H,1-4,6-7,9-10H2,(H,19,22)(H,20,21,24). The molecule has 2 aromatic heterocycles. The average molecular weight is 339 g/mol. The maximum atomic E-state index is 12.7. The first kappa shape index (κ1) is 14.9. The highest BCUT2D eigenvalue weighted by molar-refractivity contribution is 5.92. The number of piperidine rings is 1. The monoisotopic (exact) mass is 339 g/mol. The van der Waals surface area contributed by atoms with Gasteiger partial charge < -0.3 is 9.88 Å². The molecule has 7 nitrogen and oxygen atoms in total. The summed E-state index contributed by atoms with van der Waals surface area (Å²) in [7, 11) is 0. The van der Waals surface area contributed by atoms with Crippen molar-refractivity contribution in [2.75, 3.05) is 13.1 Å². The van der Waals surface area contributed by atoms with Gasteiger partial charge in [0.15, 0.2) is 0 Å². The van der Waals surface area contributed by atoms with Gasteiger partial charge >= 0.3 is 0 Å². The lowest BCUT2D eigenvalue weighted by Crippen LogP contribution is -2.48. The van der Waals surface area contributed by atoms with Crippen molar-refractivity contribution in [3.8, 4) is 0 Å². The number of aromatic nitrogens is 4. The normalized spacial score (nSPS) is 25.4. The largest absolute Gasteiger partial charge is 0.336 e. The van der Waals surface area contributed by atoms with Gasteiger partial charge in [-0.15, -0.1) is 0 Å². The molecule has 7 heteroatoms. The first-order chi connectivity index (χ1) is 12.2. The summed E-state index contributed by atoms with van der Waals surface area (Å²) in [6.07, 6.45) is 7.41. The van der Waals surface area contributed by atoms with Crippen molar-refractivity contribution in [1.82, 2.24) is 25.1 Å². The zero-order valence-corrected chi connectivity index (χ0v) is 14.0. The molecule has 1 aliphatic heterocycles. The fraction of sp³-hybridized carbons (Fsp3) is 0.556. The van der Waals surface area contributed by atoms with Crippen molar-refractivity contribution in [2.45, 2.75) is 49.9 Å². The van der Waals surface area contributed by atoms with Crippen LogP contribution in [0.5, 0.6) is 0 Å². The summed E-state index contributed by atoms with van der Waals surface area (Å²) in [4.78, 5) is 35.0. The molecule has 1 unspecified atom stereocenters. The van der Waals surface area contributed by atoms with Crippen molar-refractivity contribution in [1.29, 1.82) is 0 Å². The molecule has 2 aromatic rings. The highest BCUT2D eigenvalue weighted by atomic mass is 16.2. The van der Waals surface area contributed by atoms with E-state index in [-0.39, 0.29) is 16.9 Å². The van der Waals surface area contributed by atoms with E-state index in [2.05, 4.69) is 15.2 Å². The van der Waals surface area contributed by atoms with Crippen molar-refractivity contribution in [3.63, 3.8) is 0 Å². The number of likely N-dealkylation sites (tertiary alicyclic amines) is 1. The van der Waals surface area contributed by atoms with Crippen LogP contribution in [0.25, 0.3) is 0 Å². The second-order valence-corrected chi connectivity index (χ2v) is 7.63. The van der Waals surface area contributed by atoms with Gasteiger partial charge in [0.25, 0.3) is 11.5 Å². The quantitative estimate of drug-likeness (QED) is 0.867. The van der Waals surface area contributed by atoms with E-state index in [1.165, 1.54) is 0 Å². The van der Waals surface area contributed by atoms with Crippen LogP contribution < -0.4 is 5.56 Å². The van der Waals surface area contributed by atoms with Crippen LogP contribution in [-0.2, 0) is 11.8 Å². The summed E-state index contributed by atoms with van der Waals surface area (Å²) < 4.78 is 0. The number of nitrogens with zero attached hydrogens (tertiary/aromatic N) is 3. The van der Waals surface area contributed by atoms with Crippen LogP contribution in [0.1, 0.15) is 65.6 Å². The van der Waals surface area contributed by atoms with E-state index in [0.29, 0.717) is 18.2 Å². The Labute approximate surface area is 144 Å². The van der Waals surface area contributed by atoms with Gasteiger partial charge in [0.2, 0.25) is 0 Å². The Hall–Kier alpha value is -2.44. The average Bonchev–Trinajstić information content (AvgIpc) is 3.22. The van der Waals surface area contributed by atoms with Crippen molar-refractivity contribution in [2.24, 2.45) is 0 Å². The summed E-state index contributed by atoms with van der Waals surface area (Å²) in [5, 5.41) is 6.64. The maximum absolute atomic E-state index is 12.7. The molecule has 0 radical (unpaired) electrons. The van der Waals surface area contributed by atoms with E-state index in [1.807, 2.05) is 4.90 Å². The smallest absolute Gasteiger partial charge is 0.271 e. The van der Waals surface area contributed by atoms with Crippen LogP contribution in [0.15, 0.2) is 17.1 Å². The number of hydrogen-bond donors (Lipinski definition) is 2. The Morgan fingerprint density at radius 3 is 2.96 bits per heavy atom. The van der Waals surface area contributed by atoms with Crippen LogP contribution in [0.4, 0.5) is 0 Å². The number of nitrogens with one attached hydrogen (secondary N) is 2. The van der Waals surface area contributed by atoms with Crippen LogP contribution in [-0.4, -0.2) is 44.1 Å². The zero-order valence-electron chi connectivity index (χ0n) is 14.0. The second kappa shape index (κ2) is 5.28. The molecule has 1 spiro atoms. The van der Waals surface area contributed by atoms with Crippen molar-refractivity contribution < 1.29 is 4.79 Å². The molecule has 1 saturated carbocycles. The molecule has 0 aromatic carbocycles. The van der Waals surface area contributed by atoms with E-state index in [1.54, 1.807) is 12.3 Å². The molecule has 25 heavy (non-hydrogen) atoms. The highest BCUT2D eigenvalue weighted by Gasteiger charge is 2.46. The first-order valence-electron chi connectivity index (χ1n) is 9.08. The SMILES string of the molecule is O=C(c1ccn[nH]1)N1CCCC2(CCc3c2nc(C2CC2)[nH]c3=O)C1. The van der Waals surface area contributed by atoms with Crippen LogP contribution in [0.3, 0.4) is 0 Å². The van der Waals surface area contributed by atoms with Crippen molar-refractivity contribution >= 4 is 5.91 Å². The lowest BCUT2D eigenvalue weighted by molar-refractivity contribution is 0.0627. The van der Waals surface area contributed by atoms with Gasteiger partial charge in [-0.1, -0.05) is 0 Å². The van der Waals surface area contributed by atoms with Gasteiger partial charge in [-0.3, -0.25) is 14.7 Å². The van der Waals surface area contributed by atoms with Crippen molar-refractivity contribution in [3.05, 3.63) is 45.4 Å². The molecule has 2 aliphatic carbocycles. The van der Waals surface area contributed by atoms with Crippen LogP contribution in [0.2, 0.25) is 0 Å². The molecule has 1 amide bonds. The molecule has 0 bridgehead atoms. The maximum Gasteiger partial charge on any atom is 0.271 e. The Balaban J connectivity index is 1.51. The summed E-state index contributed by atoms with van der Waals surface area (Å²) in [6, 6.07) is 1.71. The van der Waals surface area contributed by atoms with E-state index in [0.717, 1.165) is 62.2 Å². The first-order valence-corrected chi connectivity index (χ1v) is 9.08. The molecule has 5 rings (SSSR count). The number of H-pyrrole nitrogens is 2. The van der Waals surface area contributed by atoms with E-state index in [4.69, 9.17) is 4.98 Å². The summed E-state index contributed by atoms with van der Waals surface area (Å²) in [5.74, 6) is 1.25. The molecular weight excluding hydrogens is 318 g/mol. The summed E-state index contributed by atoms with van der Waals surface area (Å²) >= 11 is 0. The number of hydrogen-bond acceptors (Lipinski definition) is 4. The number of carbonyl (C=O) groups excluding carboxylic acids is 1. The lowest BCUT2D eigenvalue weighted by atomic mass is 9.77. The number of aromatic amines is 2. The Morgan fingerprint density at radius 1 is 1.32 bits per heavy atom. The molecular formula is C18H21N5O2. The van der Waals surface area contributed by atoms with Gasteiger partial charge in [-0.05, 0) is 44.6 Å². The fourth-order valence-corrected chi connectivity index (χ4v) is 4.47.